The zero-order chi connectivity index (χ0) is 12.3. The van der Waals surface area contributed by atoms with Gasteiger partial charge in [-0.05, 0) is 31.0 Å². The minimum absolute atomic E-state index is 0.111. The molecular weight excluding hydrogens is 217 g/mol. The maximum atomic E-state index is 13.4. The zero-order valence-corrected chi connectivity index (χ0v) is 10.00. The fraction of sp³-hybridized carbons (Fsp3) is 0.308. The molecule has 1 heterocycles. The Morgan fingerprint density at radius 2 is 2.29 bits per heavy atom. The van der Waals surface area contributed by atoms with Crippen molar-refractivity contribution in [2.75, 3.05) is 0 Å². The fourth-order valence-corrected chi connectivity index (χ4v) is 1.64. The summed E-state index contributed by atoms with van der Waals surface area (Å²) in [5, 5.41) is 9.95. The van der Waals surface area contributed by atoms with Crippen LogP contribution in [-0.4, -0.2) is 10.2 Å². The largest absolute Gasteiger partial charge is 0.306 e. The molecule has 2 aromatic rings. The van der Waals surface area contributed by atoms with Gasteiger partial charge < -0.3 is 5.32 Å². The predicted octanol–water partition coefficient (Wildman–Crippen LogP) is 2.71. The smallest absolute Gasteiger partial charge is 0.126 e. The number of aromatic nitrogens is 2. The zero-order valence-electron chi connectivity index (χ0n) is 10.00. The van der Waals surface area contributed by atoms with Crippen molar-refractivity contribution in [1.29, 1.82) is 0 Å². The summed E-state index contributed by atoms with van der Waals surface area (Å²) in [6, 6.07) is 5.45. The topological polar surface area (TPSA) is 40.7 Å². The highest BCUT2D eigenvalue weighted by Gasteiger charge is 2.07. The summed E-state index contributed by atoms with van der Waals surface area (Å²) < 4.78 is 13.4. The molecule has 3 nitrogen and oxygen atoms in total. The maximum Gasteiger partial charge on any atom is 0.126 e. The van der Waals surface area contributed by atoms with Gasteiger partial charge in [0.1, 0.15) is 5.82 Å². The summed E-state index contributed by atoms with van der Waals surface area (Å²) in [5.74, 6) is -0.153. The van der Waals surface area contributed by atoms with Gasteiger partial charge in [-0.3, -0.25) is 5.10 Å². The second kappa shape index (κ2) is 5.10. The quantitative estimate of drug-likeness (QED) is 0.852. The molecule has 0 aliphatic heterocycles. The van der Waals surface area contributed by atoms with Crippen molar-refractivity contribution >= 4 is 0 Å². The van der Waals surface area contributed by atoms with Gasteiger partial charge >= 0.3 is 0 Å². The van der Waals surface area contributed by atoms with Crippen LogP contribution in [0.1, 0.15) is 29.7 Å². The van der Waals surface area contributed by atoms with Crippen molar-refractivity contribution in [2.45, 2.75) is 26.4 Å². The molecular formula is C13H16FN3. The number of nitrogens with zero attached hydrogens (tertiary/aromatic N) is 1. The molecule has 90 valence electrons. The summed E-state index contributed by atoms with van der Waals surface area (Å²) in [5.41, 5.74) is 2.72. The van der Waals surface area contributed by atoms with Crippen LogP contribution in [0.15, 0.2) is 30.6 Å². The van der Waals surface area contributed by atoms with Gasteiger partial charge in [-0.15, -0.1) is 0 Å². The number of rotatable bonds is 4. The van der Waals surface area contributed by atoms with E-state index in [1.807, 2.05) is 19.2 Å². The molecule has 0 aliphatic carbocycles. The van der Waals surface area contributed by atoms with E-state index in [0.717, 1.165) is 11.1 Å². The van der Waals surface area contributed by atoms with Gasteiger partial charge in [0.2, 0.25) is 0 Å². The van der Waals surface area contributed by atoms with Gasteiger partial charge in [-0.2, -0.15) is 5.10 Å². The molecule has 0 fully saturated rings. The normalized spacial score (nSPS) is 12.6. The van der Waals surface area contributed by atoms with Gasteiger partial charge in [-0.25, -0.2) is 4.39 Å². The first-order chi connectivity index (χ1) is 8.16. The predicted molar refractivity (Wildman–Crippen MR) is 65.0 cm³/mol. The second-order valence-electron chi connectivity index (χ2n) is 4.22. The summed E-state index contributed by atoms with van der Waals surface area (Å²) in [6.07, 6.45) is 3.62. The SMILES string of the molecule is Cc1ccc(C(C)NCc2cn[nH]c2)cc1F. The van der Waals surface area contributed by atoms with Crippen LogP contribution in [0.4, 0.5) is 4.39 Å². The van der Waals surface area contributed by atoms with Crippen LogP contribution in [0.25, 0.3) is 0 Å². The van der Waals surface area contributed by atoms with Crippen LogP contribution in [-0.2, 0) is 6.54 Å². The van der Waals surface area contributed by atoms with Crippen molar-refractivity contribution in [3.63, 3.8) is 0 Å². The van der Waals surface area contributed by atoms with Crippen LogP contribution in [0, 0.1) is 12.7 Å². The number of halogens is 1. The van der Waals surface area contributed by atoms with E-state index in [-0.39, 0.29) is 11.9 Å². The van der Waals surface area contributed by atoms with Crippen LogP contribution in [0.2, 0.25) is 0 Å². The summed E-state index contributed by atoms with van der Waals surface area (Å²) in [7, 11) is 0. The lowest BCUT2D eigenvalue weighted by atomic mass is 10.1. The third-order valence-corrected chi connectivity index (χ3v) is 2.86. The van der Waals surface area contributed by atoms with Crippen molar-refractivity contribution < 1.29 is 4.39 Å². The molecule has 0 bridgehead atoms. The number of hydrogen-bond donors (Lipinski definition) is 2. The Hall–Kier alpha value is -1.68. The van der Waals surface area contributed by atoms with E-state index in [2.05, 4.69) is 15.5 Å². The Bertz CT molecular complexity index is 479. The summed E-state index contributed by atoms with van der Waals surface area (Å²) >= 11 is 0. The van der Waals surface area contributed by atoms with Crippen LogP contribution in [0.5, 0.6) is 0 Å². The second-order valence-corrected chi connectivity index (χ2v) is 4.22. The van der Waals surface area contributed by atoms with Gasteiger partial charge in [0.05, 0.1) is 6.20 Å². The first-order valence-corrected chi connectivity index (χ1v) is 5.64. The van der Waals surface area contributed by atoms with E-state index in [0.29, 0.717) is 12.1 Å². The fourth-order valence-electron chi connectivity index (χ4n) is 1.64. The van der Waals surface area contributed by atoms with Crippen molar-refractivity contribution in [3.8, 4) is 0 Å². The molecule has 2 N–H and O–H groups in total. The first kappa shape index (κ1) is 11.8. The summed E-state index contributed by atoms with van der Waals surface area (Å²) in [6.45, 7) is 4.50. The van der Waals surface area contributed by atoms with E-state index < -0.39 is 0 Å². The number of aromatic amines is 1. The number of hydrogen-bond acceptors (Lipinski definition) is 2. The van der Waals surface area contributed by atoms with Crippen LogP contribution < -0.4 is 5.32 Å². The minimum atomic E-state index is -0.153. The molecule has 17 heavy (non-hydrogen) atoms. The van der Waals surface area contributed by atoms with Crippen molar-refractivity contribution in [1.82, 2.24) is 15.5 Å². The molecule has 0 aliphatic rings. The molecule has 0 radical (unpaired) electrons. The molecule has 0 spiro atoms. The minimum Gasteiger partial charge on any atom is -0.306 e. The van der Waals surface area contributed by atoms with E-state index >= 15 is 0 Å². The van der Waals surface area contributed by atoms with E-state index in [1.165, 1.54) is 0 Å². The molecule has 4 heteroatoms. The van der Waals surface area contributed by atoms with Crippen molar-refractivity contribution in [2.24, 2.45) is 0 Å². The monoisotopic (exact) mass is 233 g/mol. The average molecular weight is 233 g/mol. The molecule has 1 unspecified atom stereocenters. The molecule has 0 saturated carbocycles. The number of H-pyrrole nitrogens is 1. The molecule has 0 saturated heterocycles. The Morgan fingerprint density at radius 3 is 2.94 bits per heavy atom. The van der Waals surface area contributed by atoms with Gasteiger partial charge in [0.15, 0.2) is 0 Å². The molecule has 1 atom stereocenters. The highest BCUT2D eigenvalue weighted by molar-refractivity contribution is 5.25. The lowest BCUT2D eigenvalue weighted by Gasteiger charge is -2.14. The summed E-state index contributed by atoms with van der Waals surface area (Å²) in [4.78, 5) is 0. The third-order valence-electron chi connectivity index (χ3n) is 2.86. The molecule has 0 amide bonds. The standard InChI is InChI=1S/C13H16FN3/c1-9-3-4-12(5-13(9)14)10(2)15-6-11-7-16-17-8-11/h3-5,7-8,10,15H,6H2,1-2H3,(H,16,17). The van der Waals surface area contributed by atoms with Crippen LogP contribution in [0.3, 0.4) is 0 Å². The number of aryl methyl sites for hydroxylation is 1. The van der Waals surface area contributed by atoms with Crippen LogP contribution >= 0.6 is 0 Å². The van der Waals surface area contributed by atoms with E-state index in [9.17, 15) is 4.39 Å². The Balaban J connectivity index is 1.99. The van der Waals surface area contributed by atoms with Gasteiger partial charge in [0, 0.05) is 24.3 Å². The lowest BCUT2D eigenvalue weighted by molar-refractivity contribution is 0.563. The lowest BCUT2D eigenvalue weighted by Crippen LogP contribution is -2.18. The van der Waals surface area contributed by atoms with E-state index in [4.69, 9.17) is 0 Å². The Labute approximate surface area is 100 Å². The number of nitrogens with one attached hydrogen (secondary N) is 2. The van der Waals surface area contributed by atoms with Gasteiger partial charge in [0.25, 0.3) is 0 Å². The van der Waals surface area contributed by atoms with Gasteiger partial charge in [-0.1, -0.05) is 12.1 Å². The Kier molecular flexibility index (Phi) is 3.54. The third kappa shape index (κ3) is 2.91. The first-order valence-electron chi connectivity index (χ1n) is 5.64. The average Bonchev–Trinajstić information content (AvgIpc) is 2.82. The maximum absolute atomic E-state index is 13.4. The van der Waals surface area contributed by atoms with E-state index in [1.54, 1.807) is 25.3 Å². The Morgan fingerprint density at radius 1 is 1.47 bits per heavy atom. The highest BCUT2D eigenvalue weighted by atomic mass is 19.1. The molecule has 2 rings (SSSR count). The highest BCUT2D eigenvalue weighted by Crippen LogP contribution is 2.16. The number of benzene rings is 1. The van der Waals surface area contributed by atoms with Crippen molar-refractivity contribution in [3.05, 3.63) is 53.1 Å². The molecule has 1 aromatic carbocycles. The molecule has 1 aromatic heterocycles.